The third-order valence-corrected chi connectivity index (χ3v) is 2.49. The number of hydrogen-bond acceptors (Lipinski definition) is 3. The topological polar surface area (TPSA) is 55.5 Å². The smallest absolute Gasteiger partial charge is 0.127 e. The van der Waals surface area contributed by atoms with Crippen LogP contribution in [0, 0.1) is 0 Å². The molecule has 1 aromatic carbocycles. The van der Waals surface area contributed by atoms with Gasteiger partial charge in [0.05, 0.1) is 7.11 Å². The van der Waals surface area contributed by atoms with Gasteiger partial charge < -0.3 is 15.6 Å². The molecule has 0 aliphatic rings. The van der Waals surface area contributed by atoms with Gasteiger partial charge in [0, 0.05) is 17.7 Å². The minimum absolute atomic E-state index is 0. The molecule has 0 unspecified atom stereocenters. The molecule has 0 fully saturated rings. The number of methoxy groups -OCH3 is 1. The van der Waals surface area contributed by atoms with E-state index in [0.29, 0.717) is 5.75 Å². The Morgan fingerprint density at radius 3 is 2.69 bits per heavy atom. The lowest BCUT2D eigenvalue weighted by atomic mass is 10.0. The van der Waals surface area contributed by atoms with Crippen molar-refractivity contribution in [1.29, 1.82) is 0 Å². The van der Waals surface area contributed by atoms with Crippen LogP contribution in [0.25, 0.3) is 0 Å². The Morgan fingerprint density at radius 2 is 2.12 bits per heavy atom. The number of aromatic hydroxyl groups is 1. The van der Waals surface area contributed by atoms with E-state index < -0.39 is 0 Å². The van der Waals surface area contributed by atoms with Crippen molar-refractivity contribution in [2.45, 2.75) is 32.2 Å². The molecule has 0 radical (unpaired) electrons. The zero-order valence-electron chi connectivity index (χ0n) is 9.77. The second-order valence-electron chi connectivity index (χ2n) is 3.67. The maximum absolute atomic E-state index is 9.31. The van der Waals surface area contributed by atoms with E-state index in [4.69, 9.17) is 10.5 Å². The van der Waals surface area contributed by atoms with Gasteiger partial charge in [-0.05, 0) is 12.5 Å². The van der Waals surface area contributed by atoms with Crippen molar-refractivity contribution in [3.05, 3.63) is 23.8 Å². The lowest BCUT2D eigenvalue weighted by molar-refractivity contribution is 0.397. The highest BCUT2D eigenvalue weighted by Crippen LogP contribution is 2.29. The van der Waals surface area contributed by atoms with E-state index in [9.17, 15) is 5.11 Å². The van der Waals surface area contributed by atoms with Crippen molar-refractivity contribution >= 4 is 12.4 Å². The molecule has 1 atom stereocenters. The first-order valence-corrected chi connectivity index (χ1v) is 5.31. The van der Waals surface area contributed by atoms with Crippen LogP contribution in [0.4, 0.5) is 0 Å². The van der Waals surface area contributed by atoms with Gasteiger partial charge in [-0.2, -0.15) is 0 Å². The maximum atomic E-state index is 9.31. The molecule has 1 rings (SSSR count). The molecule has 1 aromatic rings. The molecule has 4 heteroatoms. The van der Waals surface area contributed by atoms with Crippen LogP contribution in [0.5, 0.6) is 11.5 Å². The van der Waals surface area contributed by atoms with E-state index in [1.165, 1.54) is 0 Å². The lowest BCUT2D eigenvalue weighted by Gasteiger charge is -2.15. The molecule has 0 bridgehead atoms. The zero-order chi connectivity index (χ0) is 11.3. The number of nitrogens with two attached hydrogens (primary N) is 1. The van der Waals surface area contributed by atoms with Crippen molar-refractivity contribution in [3.8, 4) is 11.5 Å². The summed E-state index contributed by atoms with van der Waals surface area (Å²) >= 11 is 0. The van der Waals surface area contributed by atoms with E-state index in [1.807, 2.05) is 6.07 Å². The highest BCUT2D eigenvalue weighted by atomic mass is 35.5. The number of rotatable bonds is 5. The average molecular weight is 246 g/mol. The molecular formula is C12H20ClNO2. The van der Waals surface area contributed by atoms with E-state index >= 15 is 0 Å². The fraction of sp³-hybridized carbons (Fsp3) is 0.500. The van der Waals surface area contributed by atoms with Gasteiger partial charge in [0.1, 0.15) is 11.5 Å². The van der Waals surface area contributed by atoms with Gasteiger partial charge in [0.2, 0.25) is 0 Å². The van der Waals surface area contributed by atoms with Crippen molar-refractivity contribution < 1.29 is 9.84 Å². The normalized spacial score (nSPS) is 11.7. The molecule has 0 amide bonds. The number of benzene rings is 1. The first-order valence-electron chi connectivity index (χ1n) is 5.31. The van der Waals surface area contributed by atoms with Crippen LogP contribution in [0.1, 0.15) is 37.8 Å². The van der Waals surface area contributed by atoms with Crippen molar-refractivity contribution in [1.82, 2.24) is 0 Å². The zero-order valence-corrected chi connectivity index (χ0v) is 10.6. The largest absolute Gasteiger partial charge is 0.508 e. The Morgan fingerprint density at radius 1 is 1.44 bits per heavy atom. The summed E-state index contributed by atoms with van der Waals surface area (Å²) in [6, 6.07) is 5.06. The van der Waals surface area contributed by atoms with Gasteiger partial charge in [-0.25, -0.2) is 0 Å². The number of hydrogen-bond donors (Lipinski definition) is 2. The first-order chi connectivity index (χ1) is 7.19. The van der Waals surface area contributed by atoms with Crippen LogP contribution in [-0.2, 0) is 0 Å². The van der Waals surface area contributed by atoms with E-state index in [-0.39, 0.29) is 24.2 Å². The highest BCUT2D eigenvalue weighted by molar-refractivity contribution is 5.85. The molecule has 16 heavy (non-hydrogen) atoms. The Balaban J connectivity index is 0.00000225. The van der Waals surface area contributed by atoms with E-state index in [1.54, 1.807) is 19.2 Å². The monoisotopic (exact) mass is 245 g/mol. The third-order valence-electron chi connectivity index (χ3n) is 2.49. The van der Waals surface area contributed by atoms with Crippen molar-refractivity contribution in [3.63, 3.8) is 0 Å². The minimum atomic E-state index is -0.0134. The first kappa shape index (κ1) is 15.1. The molecule has 0 aliphatic carbocycles. The number of unbranched alkanes of at least 4 members (excludes halogenated alkanes) is 1. The minimum Gasteiger partial charge on any atom is -0.508 e. The highest BCUT2D eigenvalue weighted by Gasteiger charge is 2.11. The quantitative estimate of drug-likeness (QED) is 0.839. The van der Waals surface area contributed by atoms with Gasteiger partial charge in [-0.3, -0.25) is 0 Å². The third kappa shape index (κ3) is 3.91. The fourth-order valence-corrected chi connectivity index (χ4v) is 1.59. The Labute approximate surface area is 103 Å². The van der Waals surface area contributed by atoms with Gasteiger partial charge in [0.15, 0.2) is 0 Å². The number of ether oxygens (including phenoxy) is 1. The van der Waals surface area contributed by atoms with Crippen LogP contribution in [0.3, 0.4) is 0 Å². The molecule has 0 saturated carbocycles. The Kier molecular flexibility index (Phi) is 6.93. The van der Waals surface area contributed by atoms with Gasteiger partial charge >= 0.3 is 0 Å². The second-order valence-corrected chi connectivity index (χ2v) is 3.67. The van der Waals surface area contributed by atoms with E-state index in [2.05, 4.69) is 6.92 Å². The SMILES string of the molecule is CCCC[C@@H](N)c1ccc(O)cc1OC.Cl. The van der Waals surface area contributed by atoms with E-state index in [0.717, 1.165) is 24.8 Å². The summed E-state index contributed by atoms with van der Waals surface area (Å²) in [5, 5.41) is 9.31. The van der Waals surface area contributed by atoms with Crippen molar-refractivity contribution in [2.75, 3.05) is 7.11 Å². The Hall–Kier alpha value is -0.930. The predicted octanol–water partition coefficient (Wildman–Crippen LogP) is 3.01. The summed E-state index contributed by atoms with van der Waals surface area (Å²) in [4.78, 5) is 0. The molecule has 0 aliphatic heterocycles. The van der Waals surface area contributed by atoms with Crippen molar-refractivity contribution in [2.24, 2.45) is 5.73 Å². The summed E-state index contributed by atoms with van der Waals surface area (Å²) in [6.45, 7) is 2.14. The summed E-state index contributed by atoms with van der Waals surface area (Å²) in [5.74, 6) is 0.872. The molecular weight excluding hydrogens is 226 g/mol. The van der Waals surface area contributed by atoms with Crippen LogP contribution in [-0.4, -0.2) is 12.2 Å². The molecule has 92 valence electrons. The Bertz CT molecular complexity index is 318. The molecule has 0 heterocycles. The van der Waals surface area contributed by atoms with Gasteiger partial charge in [-0.15, -0.1) is 12.4 Å². The van der Waals surface area contributed by atoms with Crippen LogP contribution < -0.4 is 10.5 Å². The maximum Gasteiger partial charge on any atom is 0.127 e. The summed E-state index contributed by atoms with van der Waals surface area (Å²) in [6.07, 6.45) is 3.18. The molecule has 0 aromatic heterocycles. The summed E-state index contributed by atoms with van der Waals surface area (Å²) < 4.78 is 5.19. The van der Waals surface area contributed by atoms with Crippen LogP contribution in [0.15, 0.2) is 18.2 Å². The molecule has 0 saturated heterocycles. The average Bonchev–Trinajstić information content (AvgIpc) is 2.25. The van der Waals surface area contributed by atoms with Crippen LogP contribution >= 0.6 is 12.4 Å². The van der Waals surface area contributed by atoms with Crippen LogP contribution in [0.2, 0.25) is 0 Å². The van der Waals surface area contributed by atoms with Gasteiger partial charge in [-0.1, -0.05) is 25.8 Å². The van der Waals surface area contributed by atoms with Gasteiger partial charge in [0.25, 0.3) is 0 Å². The molecule has 3 N–H and O–H groups in total. The lowest BCUT2D eigenvalue weighted by Crippen LogP contribution is -2.11. The predicted molar refractivity (Wildman–Crippen MR) is 68.4 cm³/mol. The standard InChI is InChI=1S/C12H19NO2.ClH/c1-3-4-5-11(13)10-7-6-9(14)8-12(10)15-2;/h6-8,11,14H,3-5,13H2,1-2H3;1H/t11-;/m1./s1. The second kappa shape index (κ2) is 7.36. The molecule has 0 spiro atoms. The summed E-state index contributed by atoms with van der Waals surface area (Å²) in [7, 11) is 1.59. The number of phenols is 1. The number of halogens is 1. The fourth-order valence-electron chi connectivity index (χ4n) is 1.59. The molecule has 3 nitrogen and oxygen atoms in total. The summed E-state index contributed by atoms with van der Waals surface area (Å²) in [5.41, 5.74) is 7.01. The number of phenolic OH excluding ortho intramolecular Hbond substituents is 1.